The van der Waals surface area contributed by atoms with Crippen LogP contribution in [0.1, 0.15) is 15.9 Å². The lowest BCUT2D eigenvalue weighted by atomic mass is 10.1. The zero-order chi connectivity index (χ0) is 17.8. The molecule has 10 heteroatoms. The van der Waals surface area contributed by atoms with Gasteiger partial charge in [-0.15, -0.1) is 0 Å². The zero-order valence-corrected chi connectivity index (χ0v) is 12.9. The number of alkyl halides is 3. The van der Waals surface area contributed by atoms with E-state index in [0.29, 0.717) is 11.3 Å². The highest BCUT2D eigenvalue weighted by Crippen LogP contribution is 2.35. The quantitative estimate of drug-likeness (QED) is 0.808. The minimum atomic E-state index is -4.45. The van der Waals surface area contributed by atoms with Crippen LogP contribution in [-0.2, 0) is 6.18 Å². The first-order chi connectivity index (χ1) is 11.9. The van der Waals surface area contributed by atoms with Gasteiger partial charge in [0.25, 0.3) is 11.8 Å². The van der Waals surface area contributed by atoms with Crippen molar-refractivity contribution in [2.24, 2.45) is 0 Å². The summed E-state index contributed by atoms with van der Waals surface area (Å²) in [7, 11) is 0. The molecule has 135 valence electrons. The summed E-state index contributed by atoms with van der Waals surface area (Å²) in [6.07, 6.45) is -4.45. The summed E-state index contributed by atoms with van der Waals surface area (Å²) < 4.78 is 38.0. The van der Waals surface area contributed by atoms with E-state index in [2.05, 4.69) is 10.9 Å². The van der Waals surface area contributed by atoms with Crippen LogP contribution in [-0.4, -0.2) is 16.5 Å². The smallest absolute Gasteiger partial charge is 0.416 e. The largest absolute Gasteiger partial charge is 0.491 e. The topological polar surface area (TPSA) is 101 Å². The van der Waals surface area contributed by atoms with Crippen LogP contribution in [0.2, 0.25) is 0 Å². The second kappa shape index (κ2) is 5.93. The van der Waals surface area contributed by atoms with Gasteiger partial charge in [0, 0.05) is 0 Å². The molecule has 2 aromatic carbocycles. The Bertz CT molecular complexity index is 896. The number of para-hydroxylation sites is 1. The zero-order valence-electron chi connectivity index (χ0n) is 12.9. The maximum absolute atomic E-state index is 12.7. The van der Waals surface area contributed by atoms with Crippen LogP contribution in [0.3, 0.4) is 0 Å². The first kappa shape index (κ1) is 17.6. The molecule has 0 fully saturated rings. The number of anilines is 2. The first-order valence-electron chi connectivity index (χ1n) is 7.19. The van der Waals surface area contributed by atoms with Crippen LogP contribution in [0, 0.1) is 0 Å². The van der Waals surface area contributed by atoms with Crippen LogP contribution in [0.5, 0.6) is 0 Å². The van der Waals surface area contributed by atoms with Crippen molar-refractivity contribution < 1.29 is 28.5 Å². The lowest BCUT2D eigenvalue weighted by molar-refractivity contribution is -0.137. The Kier molecular flexibility index (Phi) is 4.01. The van der Waals surface area contributed by atoms with Crippen LogP contribution in [0.15, 0.2) is 60.2 Å². The van der Waals surface area contributed by atoms with Crippen molar-refractivity contribution in [2.45, 2.75) is 6.18 Å². The van der Waals surface area contributed by atoms with Gasteiger partial charge in [-0.25, -0.2) is 10.0 Å². The number of amides is 1. The van der Waals surface area contributed by atoms with Crippen LogP contribution >= 0.6 is 0 Å². The number of fused-ring (bicyclic) bond motifs is 3. The summed E-state index contributed by atoms with van der Waals surface area (Å²) in [5.74, 6) is -0.746. The first-order valence-corrected chi connectivity index (χ1v) is 7.19. The van der Waals surface area contributed by atoms with Gasteiger partial charge in [0.15, 0.2) is 5.82 Å². The van der Waals surface area contributed by atoms with E-state index in [1.165, 1.54) is 17.1 Å². The van der Waals surface area contributed by atoms with E-state index in [9.17, 15) is 23.1 Å². The van der Waals surface area contributed by atoms with E-state index < -0.39 is 17.6 Å². The second-order valence-electron chi connectivity index (χ2n) is 5.40. The highest BCUT2D eigenvalue weighted by atomic mass is 19.4. The molecule has 0 unspecified atom stereocenters. The summed E-state index contributed by atoms with van der Waals surface area (Å²) in [5.41, 5.74) is 4.42. The third-order valence-electron chi connectivity index (χ3n) is 3.85. The molecule has 26 heavy (non-hydrogen) atoms. The molecule has 0 spiro atoms. The number of carbonyl (C=O) groups excluding carboxylic acids is 1. The maximum atomic E-state index is 12.7. The third-order valence-corrected chi connectivity index (χ3v) is 3.85. The number of hydrogen-bond acceptors (Lipinski definition) is 4. The molecule has 0 aliphatic carbocycles. The van der Waals surface area contributed by atoms with Crippen molar-refractivity contribution in [1.82, 2.24) is 10.9 Å². The normalized spacial score (nSPS) is 16.0. The Balaban J connectivity index is 0.00000196. The van der Waals surface area contributed by atoms with Crippen molar-refractivity contribution in [3.8, 4) is 0 Å². The number of rotatable bonds is 1. The summed E-state index contributed by atoms with van der Waals surface area (Å²) in [6.45, 7) is 0. The molecule has 4 rings (SSSR count). The number of nitrogens with one attached hydrogen (secondary N) is 1. The molecule has 0 atom stereocenters. The minimum Gasteiger partial charge on any atom is -0.491 e. The van der Waals surface area contributed by atoms with Crippen molar-refractivity contribution in [3.63, 3.8) is 0 Å². The van der Waals surface area contributed by atoms with Crippen LogP contribution in [0.25, 0.3) is 0 Å². The van der Waals surface area contributed by atoms with Gasteiger partial charge in [-0.1, -0.05) is 12.1 Å². The second-order valence-corrected chi connectivity index (χ2v) is 5.40. The fourth-order valence-corrected chi connectivity index (χ4v) is 2.64. The summed E-state index contributed by atoms with van der Waals surface area (Å²) >= 11 is 0. The monoisotopic (exact) mass is 365 g/mol. The van der Waals surface area contributed by atoms with Crippen LogP contribution < -0.4 is 20.9 Å². The van der Waals surface area contributed by atoms with Gasteiger partial charge in [-0.2, -0.15) is 13.2 Å². The van der Waals surface area contributed by atoms with Crippen molar-refractivity contribution in [2.75, 3.05) is 10.0 Å². The highest BCUT2D eigenvalue weighted by Gasteiger charge is 2.39. The Labute approximate surface area is 145 Å². The average molecular weight is 365 g/mol. The molecule has 0 saturated heterocycles. The number of carbonyl (C=O) groups is 1. The molecular formula is C16H12F3N4O3. The number of nitrogens with zero attached hydrogens (tertiary/aromatic N) is 3. The van der Waals surface area contributed by atoms with Gasteiger partial charge in [0.1, 0.15) is 0 Å². The van der Waals surface area contributed by atoms with E-state index in [0.717, 1.165) is 17.1 Å². The SMILES string of the molecule is O.O=C1NC2=C(O)N(c3ccc(C(F)(F)F)cc3)[N]N2c2ccccc21. The summed E-state index contributed by atoms with van der Waals surface area (Å²) in [5, 5.41) is 15.2. The van der Waals surface area contributed by atoms with E-state index in [1.54, 1.807) is 24.3 Å². The number of aliphatic hydroxyl groups is 1. The summed E-state index contributed by atoms with van der Waals surface area (Å²) in [4.78, 5) is 12.1. The standard InChI is InChI=1S/C16H10F3N4O2.H2O/c17-16(18,19)9-5-7-10(8-6-9)22-15(25)13-20-14(24)11-3-1-2-4-12(11)23(13)21-22;/h1-8,25H,(H,20,24);1H2. The fourth-order valence-electron chi connectivity index (χ4n) is 2.64. The molecule has 2 heterocycles. The van der Waals surface area contributed by atoms with Gasteiger partial charge < -0.3 is 15.9 Å². The Morgan fingerprint density at radius 2 is 1.65 bits per heavy atom. The van der Waals surface area contributed by atoms with E-state index in [1.807, 2.05) is 0 Å². The predicted molar refractivity (Wildman–Crippen MR) is 85.7 cm³/mol. The fraction of sp³-hybridized carbons (Fsp3) is 0.0625. The van der Waals surface area contributed by atoms with E-state index in [4.69, 9.17) is 0 Å². The van der Waals surface area contributed by atoms with Gasteiger partial charge in [0.2, 0.25) is 0 Å². The van der Waals surface area contributed by atoms with E-state index >= 15 is 0 Å². The van der Waals surface area contributed by atoms with E-state index in [-0.39, 0.29) is 22.9 Å². The number of halogens is 3. The van der Waals surface area contributed by atoms with Crippen molar-refractivity contribution in [1.29, 1.82) is 0 Å². The van der Waals surface area contributed by atoms with Gasteiger partial charge in [-0.05, 0) is 41.9 Å². The third kappa shape index (κ3) is 2.61. The minimum absolute atomic E-state index is 0. The average Bonchev–Trinajstić information content (AvgIpc) is 2.92. The lowest BCUT2D eigenvalue weighted by Crippen LogP contribution is -2.43. The van der Waals surface area contributed by atoms with Gasteiger partial charge in [-0.3, -0.25) is 4.79 Å². The summed E-state index contributed by atoms with van der Waals surface area (Å²) in [6, 6.07) is 10.8. The molecule has 2 aromatic rings. The molecule has 0 saturated carbocycles. The molecule has 2 aliphatic heterocycles. The lowest BCUT2D eigenvalue weighted by Gasteiger charge is -2.26. The Morgan fingerprint density at radius 1 is 1.00 bits per heavy atom. The van der Waals surface area contributed by atoms with Crippen LogP contribution in [0.4, 0.5) is 24.5 Å². The molecule has 1 radical (unpaired) electrons. The van der Waals surface area contributed by atoms with Gasteiger partial charge >= 0.3 is 6.18 Å². The predicted octanol–water partition coefficient (Wildman–Crippen LogP) is 2.07. The van der Waals surface area contributed by atoms with Gasteiger partial charge in [0.05, 0.1) is 22.5 Å². The Hall–Kier alpha value is -3.24. The molecule has 2 aliphatic rings. The molecule has 4 N–H and O–H groups in total. The molecule has 0 aromatic heterocycles. The van der Waals surface area contributed by atoms with Crippen molar-refractivity contribution in [3.05, 3.63) is 71.4 Å². The molecule has 7 nitrogen and oxygen atoms in total. The molecular weight excluding hydrogens is 353 g/mol. The van der Waals surface area contributed by atoms with Crippen molar-refractivity contribution >= 4 is 17.3 Å². The number of benzene rings is 2. The number of hydrogen-bond donors (Lipinski definition) is 2. The highest BCUT2D eigenvalue weighted by molar-refractivity contribution is 6.03. The molecule has 1 amide bonds. The maximum Gasteiger partial charge on any atom is 0.416 e. The molecule has 0 bridgehead atoms. The number of aliphatic hydroxyl groups excluding tert-OH is 1. The Morgan fingerprint density at radius 3 is 2.31 bits per heavy atom.